The fourth-order valence-corrected chi connectivity index (χ4v) is 2.81. The lowest BCUT2D eigenvalue weighted by atomic mass is 10.1. The second-order valence-electron chi connectivity index (χ2n) is 5.50. The van der Waals surface area contributed by atoms with Crippen molar-refractivity contribution < 1.29 is 0 Å². The van der Waals surface area contributed by atoms with Gasteiger partial charge in [0.25, 0.3) is 0 Å². The van der Waals surface area contributed by atoms with E-state index in [0.29, 0.717) is 6.04 Å². The Hall–Kier alpha value is -1.59. The topological polar surface area (TPSA) is 56.8 Å². The van der Waals surface area contributed by atoms with E-state index >= 15 is 0 Å². The summed E-state index contributed by atoms with van der Waals surface area (Å²) in [5.74, 6) is 1.54. The summed E-state index contributed by atoms with van der Waals surface area (Å²) in [6.07, 6.45) is 2.24. The average Bonchev–Trinajstić information content (AvgIpc) is 3.00. The Balaban J connectivity index is 1.76. The molecule has 112 valence electrons. The lowest BCUT2D eigenvalue weighted by Crippen LogP contribution is -2.41. The van der Waals surface area contributed by atoms with Crippen molar-refractivity contribution in [2.75, 3.05) is 25.0 Å². The first kappa shape index (κ1) is 14.4. The van der Waals surface area contributed by atoms with E-state index in [1.165, 1.54) is 0 Å². The Morgan fingerprint density at radius 3 is 2.76 bits per heavy atom. The smallest absolute Gasteiger partial charge is 0.245 e. The molecule has 1 aromatic carbocycles. The third kappa shape index (κ3) is 3.04. The highest BCUT2D eigenvalue weighted by atomic mass is 35.5. The number of hydrogen-bond acceptors (Lipinski definition) is 4. The number of nitrogens with zero attached hydrogens (tertiary/aromatic N) is 3. The monoisotopic (exact) mass is 305 g/mol. The van der Waals surface area contributed by atoms with Crippen molar-refractivity contribution in [3.8, 4) is 11.4 Å². The number of nitrogens with one attached hydrogen (secondary N) is 2. The van der Waals surface area contributed by atoms with Crippen LogP contribution in [0.2, 0.25) is 5.02 Å². The van der Waals surface area contributed by atoms with E-state index in [9.17, 15) is 0 Å². The number of aryl methyl sites for hydroxylation is 1. The van der Waals surface area contributed by atoms with Crippen molar-refractivity contribution in [1.82, 2.24) is 20.5 Å². The summed E-state index contributed by atoms with van der Waals surface area (Å²) in [6.45, 7) is 3.96. The zero-order chi connectivity index (χ0) is 14.8. The van der Waals surface area contributed by atoms with E-state index in [1.807, 2.05) is 32.2 Å². The third-order valence-electron chi connectivity index (χ3n) is 4.10. The Labute approximate surface area is 129 Å². The van der Waals surface area contributed by atoms with Gasteiger partial charge in [-0.25, -0.2) is 0 Å². The number of piperidine rings is 1. The summed E-state index contributed by atoms with van der Waals surface area (Å²) < 4.78 is 0. The van der Waals surface area contributed by atoms with Crippen LogP contribution in [-0.4, -0.2) is 41.4 Å². The van der Waals surface area contributed by atoms with Gasteiger partial charge in [0.15, 0.2) is 5.82 Å². The Morgan fingerprint density at radius 2 is 2.10 bits per heavy atom. The van der Waals surface area contributed by atoms with Crippen LogP contribution in [0.3, 0.4) is 0 Å². The van der Waals surface area contributed by atoms with Crippen LogP contribution < -0.4 is 10.2 Å². The van der Waals surface area contributed by atoms with Gasteiger partial charge in [-0.3, -0.25) is 5.10 Å². The maximum absolute atomic E-state index is 6.17. The Morgan fingerprint density at radius 1 is 1.33 bits per heavy atom. The van der Waals surface area contributed by atoms with Gasteiger partial charge in [-0.05, 0) is 38.4 Å². The molecule has 1 aliphatic heterocycles. The summed E-state index contributed by atoms with van der Waals surface area (Å²) in [7, 11) is 2.02. The zero-order valence-corrected chi connectivity index (χ0v) is 13.1. The first-order chi connectivity index (χ1) is 10.2. The zero-order valence-electron chi connectivity index (χ0n) is 12.4. The molecule has 1 aliphatic rings. The molecule has 0 saturated carbocycles. The molecular formula is C15H20ClN5. The van der Waals surface area contributed by atoms with Crippen molar-refractivity contribution in [3.63, 3.8) is 0 Å². The number of H-pyrrole nitrogens is 1. The Kier molecular flexibility index (Phi) is 4.12. The van der Waals surface area contributed by atoms with Gasteiger partial charge in [-0.2, -0.15) is 4.98 Å². The number of benzene rings is 1. The number of rotatable bonds is 3. The van der Waals surface area contributed by atoms with Gasteiger partial charge in [0.05, 0.1) is 0 Å². The molecule has 2 aromatic rings. The summed E-state index contributed by atoms with van der Waals surface area (Å²) in [6, 6.07) is 6.54. The van der Waals surface area contributed by atoms with Crippen LogP contribution in [0.5, 0.6) is 0 Å². The van der Waals surface area contributed by atoms with Gasteiger partial charge in [-0.15, -0.1) is 5.10 Å². The van der Waals surface area contributed by atoms with Gasteiger partial charge in [-0.1, -0.05) is 23.7 Å². The molecule has 0 atom stereocenters. The maximum atomic E-state index is 6.17. The SMILES string of the molecule is CNC1CCN(c2n[nH]c(-c3ccc(C)c(Cl)c3)n2)CC1. The molecule has 1 saturated heterocycles. The molecule has 0 amide bonds. The number of aromatic amines is 1. The molecule has 0 unspecified atom stereocenters. The van der Waals surface area contributed by atoms with E-state index in [-0.39, 0.29) is 0 Å². The largest absolute Gasteiger partial charge is 0.339 e. The molecule has 1 aromatic heterocycles. The highest BCUT2D eigenvalue weighted by molar-refractivity contribution is 6.31. The molecule has 1 fully saturated rings. The molecule has 0 aliphatic carbocycles. The van der Waals surface area contributed by atoms with Crippen LogP contribution in [-0.2, 0) is 0 Å². The van der Waals surface area contributed by atoms with Gasteiger partial charge in [0.1, 0.15) is 0 Å². The fourth-order valence-electron chi connectivity index (χ4n) is 2.63. The molecule has 0 bridgehead atoms. The third-order valence-corrected chi connectivity index (χ3v) is 4.51. The van der Waals surface area contributed by atoms with E-state index in [0.717, 1.165) is 53.9 Å². The molecule has 2 heterocycles. The maximum Gasteiger partial charge on any atom is 0.245 e. The number of halogens is 1. The van der Waals surface area contributed by atoms with Gasteiger partial charge >= 0.3 is 0 Å². The van der Waals surface area contributed by atoms with Crippen LogP contribution in [0.1, 0.15) is 18.4 Å². The lowest BCUT2D eigenvalue weighted by molar-refractivity contribution is 0.439. The molecule has 0 radical (unpaired) electrons. The Bertz CT molecular complexity index is 616. The van der Waals surface area contributed by atoms with Gasteiger partial charge in [0.2, 0.25) is 5.95 Å². The molecule has 6 heteroatoms. The highest BCUT2D eigenvalue weighted by Gasteiger charge is 2.21. The summed E-state index contributed by atoms with van der Waals surface area (Å²) >= 11 is 6.17. The van der Waals surface area contributed by atoms with Crippen LogP contribution in [0.25, 0.3) is 11.4 Å². The summed E-state index contributed by atoms with van der Waals surface area (Å²) in [4.78, 5) is 6.83. The van der Waals surface area contributed by atoms with Crippen molar-refractivity contribution >= 4 is 17.5 Å². The number of anilines is 1. The van der Waals surface area contributed by atoms with Crippen LogP contribution in [0.15, 0.2) is 18.2 Å². The average molecular weight is 306 g/mol. The molecule has 21 heavy (non-hydrogen) atoms. The van der Waals surface area contributed by atoms with Crippen LogP contribution >= 0.6 is 11.6 Å². The normalized spacial score (nSPS) is 16.4. The first-order valence-corrected chi connectivity index (χ1v) is 7.66. The van der Waals surface area contributed by atoms with Crippen molar-refractivity contribution in [1.29, 1.82) is 0 Å². The predicted octanol–water partition coefficient (Wildman–Crippen LogP) is 2.62. The van der Waals surface area contributed by atoms with E-state index < -0.39 is 0 Å². The number of hydrogen-bond donors (Lipinski definition) is 2. The summed E-state index contributed by atoms with van der Waals surface area (Å²) in [5.41, 5.74) is 2.03. The molecule has 0 spiro atoms. The van der Waals surface area contributed by atoms with Gasteiger partial charge in [0, 0.05) is 29.7 Å². The minimum Gasteiger partial charge on any atom is -0.339 e. The second-order valence-corrected chi connectivity index (χ2v) is 5.91. The van der Waals surface area contributed by atoms with Crippen molar-refractivity contribution in [2.45, 2.75) is 25.8 Å². The van der Waals surface area contributed by atoms with Crippen molar-refractivity contribution in [3.05, 3.63) is 28.8 Å². The predicted molar refractivity (Wildman–Crippen MR) is 85.9 cm³/mol. The first-order valence-electron chi connectivity index (χ1n) is 7.28. The van der Waals surface area contributed by atoms with E-state index in [1.54, 1.807) is 0 Å². The van der Waals surface area contributed by atoms with Crippen LogP contribution in [0, 0.1) is 6.92 Å². The molecule has 3 rings (SSSR count). The van der Waals surface area contributed by atoms with Gasteiger partial charge < -0.3 is 10.2 Å². The number of aromatic nitrogens is 3. The molecule has 2 N–H and O–H groups in total. The second kappa shape index (κ2) is 6.03. The summed E-state index contributed by atoms with van der Waals surface area (Å²) in [5, 5.41) is 11.4. The molecular weight excluding hydrogens is 286 g/mol. The minimum absolute atomic E-state index is 0.607. The highest BCUT2D eigenvalue weighted by Crippen LogP contribution is 2.24. The lowest BCUT2D eigenvalue weighted by Gasteiger charge is -2.30. The standard InChI is InChI=1S/C15H20ClN5/c1-10-3-4-11(9-13(10)16)14-18-15(20-19-14)21-7-5-12(17-2)6-8-21/h3-4,9,12,17H,5-8H2,1-2H3,(H,18,19,20). The fraction of sp³-hybridized carbons (Fsp3) is 0.467. The quantitative estimate of drug-likeness (QED) is 0.915. The molecule has 5 nitrogen and oxygen atoms in total. The van der Waals surface area contributed by atoms with E-state index in [4.69, 9.17) is 11.6 Å². The van der Waals surface area contributed by atoms with E-state index in [2.05, 4.69) is 25.4 Å². The van der Waals surface area contributed by atoms with Crippen molar-refractivity contribution in [2.24, 2.45) is 0 Å². The minimum atomic E-state index is 0.607. The van der Waals surface area contributed by atoms with Crippen LogP contribution in [0.4, 0.5) is 5.95 Å².